The summed E-state index contributed by atoms with van der Waals surface area (Å²) in [6.45, 7) is 3.05. The Labute approximate surface area is 144 Å². The highest BCUT2D eigenvalue weighted by Crippen LogP contribution is 2.50. The molecule has 5 fully saturated rings. The lowest BCUT2D eigenvalue weighted by molar-refractivity contribution is -0.145. The van der Waals surface area contributed by atoms with Gasteiger partial charge >= 0.3 is 0 Å². The summed E-state index contributed by atoms with van der Waals surface area (Å²) in [6.07, 6.45) is 10.1. The molecule has 0 aromatic rings. The van der Waals surface area contributed by atoms with Gasteiger partial charge in [-0.1, -0.05) is 12.8 Å². The Morgan fingerprint density at radius 1 is 0.583 bits per heavy atom. The number of hydrogen-bond donors (Lipinski definition) is 0. The van der Waals surface area contributed by atoms with Crippen molar-refractivity contribution in [3.05, 3.63) is 0 Å². The fourth-order valence-corrected chi connectivity index (χ4v) is 6.71. The molecule has 6 atom stereocenters. The molecule has 1 aliphatic heterocycles. The molecule has 4 saturated carbocycles. The molecule has 5 aliphatic rings. The monoisotopic (exact) mass is 330 g/mol. The van der Waals surface area contributed by atoms with E-state index < -0.39 is 0 Å². The van der Waals surface area contributed by atoms with E-state index in [1.807, 2.05) is 0 Å². The lowest BCUT2D eigenvalue weighted by atomic mass is 9.87. The molecule has 4 heteroatoms. The molecule has 4 nitrogen and oxygen atoms in total. The largest absolute Gasteiger partial charge is 0.339 e. The van der Waals surface area contributed by atoms with Crippen molar-refractivity contribution in [1.82, 2.24) is 9.80 Å². The fraction of sp³-hybridized carbons (Fsp3) is 0.900. The molecule has 4 aliphatic carbocycles. The maximum atomic E-state index is 12.8. The molecule has 5 rings (SSSR count). The molecule has 0 unspecified atom stereocenters. The van der Waals surface area contributed by atoms with Gasteiger partial charge in [0.05, 0.1) is 0 Å². The van der Waals surface area contributed by atoms with Gasteiger partial charge in [0.15, 0.2) is 0 Å². The molecule has 0 aromatic carbocycles. The molecular formula is C20H30N2O2. The van der Waals surface area contributed by atoms with E-state index in [0.717, 1.165) is 50.9 Å². The Hall–Kier alpha value is -1.06. The van der Waals surface area contributed by atoms with E-state index in [4.69, 9.17) is 0 Å². The molecule has 0 spiro atoms. The van der Waals surface area contributed by atoms with Gasteiger partial charge in [-0.3, -0.25) is 9.59 Å². The number of piperazine rings is 1. The van der Waals surface area contributed by atoms with Gasteiger partial charge in [-0.2, -0.15) is 0 Å². The summed E-state index contributed by atoms with van der Waals surface area (Å²) < 4.78 is 0. The standard InChI is InChI=1S/C20H30N2O2/c23-19(17-11-13-1-3-15(17)9-13)21-5-7-22(8-6-21)20(24)18-12-14-2-4-16(18)10-14/h13-18H,1-12H2/t13-,14+,15-,16+,17-,18+. The van der Waals surface area contributed by atoms with Crippen molar-refractivity contribution in [2.75, 3.05) is 26.2 Å². The van der Waals surface area contributed by atoms with Crippen LogP contribution in [0.1, 0.15) is 51.4 Å². The predicted octanol–water partition coefficient (Wildman–Crippen LogP) is 2.53. The third-order valence-corrected chi connectivity index (χ3v) is 8.01. The minimum Gasteiger partial charge on any atom is -0.339 e. The summed E-state index contributed by atoms with van der Waals surface area (Å²) in [4.78, 5) is 29.8. The van der Waals surface area contributed by atoms with Crippen LogP contribution in [0.25, 0.3) is 0 Å². The van der Waals surface area contributed by atoms with Gasteiger partial charge in [0.25, 0.3) is 0 Å². The summed E-state index contributed by atoms with van der Waals surface area (Å²) in [7, 11) is 0. The highest BCUT2D eigenvalue weighted by atomic mass is 16.2. The first-order valence-corrected chi connectivity index (χ1v) is 10.3. The number of carbonyl (C=O) groups excluding carboxylic acids is 2. The van der Waals surface area contributed by atoms with E-state index in [1.54, 1.807) is 0 Å². The maximum Gasteiger partial charge on any atom is 0.226 e. The Kier molecular flexibility index (Phi) is 3.64. The normalized spacial score (nSPS) is 43.7. The van der Waals surface area contributed by atoms with Crippen LogP contribution >= 0.6 is 0 Å². The summed E-state index contributed by atoms with van der Waals surface area (Å²) in [5.74, 6) is 4.37. The van der Waals surface area contributed by atoms with Crippen LogP contribution < -0.4 is 0 Å². The average molecular weight is 330 g/mol. The molecular weight excluding hydrogens is 300 g/mol. The molecule has 1 saturated heterocycles. The molecule has 2 amide bonds. The highest BCUT2D eigenvalue weighted by Gasteiger charge is 2.46. The smallest absolute Gasteiger partial charge is 0.226 e. The minimum atomic E-state index is 0.302. The van der Waals surface area contributed by atoms with Crippen LogP contribution in [0.15, 0.2) is 0 Å². The van der Waals surface area contributed by atoms with Gasteiger partial charge in [-0.15, -0.1) is 0 Å². The van der Waals surface area contributed by atoms with E-state index in [9.17, 15) is 9.59 Å². The van der Waals surface area contributed by atoms with Crippen molar-refractivity contribution in [3.8, 4) is 0 Å². The SMILES string of the molecule is O=C([C@H]1C[C@H]2CC[C@H]1C2)N1CCN(C(=O)[C@@H]2C[C@@H]3CC[C@@H]2C3)CC1. The molecule has 0 N–H and O–H groups in total. The summed E-state index contributed by atoms with van der Waals surface area (Å²) in [5.41, 5.74) is 0. The van der Waals surface area contributed by atoms with E-state index in [-0.39, 0.29) is 0 Å². The first kappa shape index (κ1) is 15.2. The van der Waals surface area contributed by atoms with Crippen molar-refractivity contribution in [1.29, 1.82) is 0 Å². The Balaban J connectivity index is 1.16. The third kappa shape index (κ3) is 2.40. The van der Waals surface area contributed by atoms with Crippen LogP contribution in [0.4, 0.5) is 0 Å². The topological polar surface area (TPSA) is 40.6 Å². The number of nitrogens with zero attached hydrogens (tertiary/aromatic N) is 2. The van der Waals surface area contributed by atoms with Crippen molar-refractivity contribution in [3.63, 3.8) is 0 Å². The second-order valence-electron chi connectivity index (χ2n) is 9.21. The van der Waals surface area contributed by atoms with E-state index in [0.29, 0.717) is 35.5 Å². The fourth-order valence-electron chi connectivity index (χ4n) is 6.71. The van der Waals surface area contributed by atoms with Crippen LogP contribution in [0.5, 0.6) is 0 Å². The van der Waals surface area contributed by atoms with Gasteiger partial charge in [0.1, 0.15) is 0 Å². The number of carbonyl (C=O) groups is 2. The minimum absolute atomic E-state index is 0.302. The van der Waals surface area contributed by atoms with E-state index in [1.165, 1.54) is 38.5 Å². The van der Waals surface area contributed by atoms with E-state index >= 15 is 0 Å². The van der Waals surface area contributed by atoms with Crippen LogP contribution in [0, 0.1) is 35.5 Å². The van der Waals surface area contributed by atoms with Crippen molar-refractivity contribution >= 4 is 11.8 Å². The van der Waals surface area contributed by atoms with Crippen LogP contribution in [0.2, 0.25) is 0 Å². The lowest BCUT2D eigenvalue weighted by Crippen LogP contribution is -2.53. The number of hydrogen-bond acceptors (Lipinski definition) is 2. The van der Waals surface area contributed by atoms with Crippen LogP contribution in [-0.4, -0.2) is 47.8 Å². The molecule has 0 aromatic heterocycles. The Morgan fingerprint density at radius 2 is 1.00 bits per heavy atom. The first-order valence-electron chi connectivity index (χ1n) is 10.3. The van der Waals surface area contributed by atoms with Gasteiger partial charge in [0.2, 0.25) is 11.8 Å². The van der Waals surface area contributed by atoms with Crippen molar-refractivity contribution in [2.24, 2.45) is 35.5 Å². The Bertz CT molecular complexity index is 492. The first-order chi connectivity index (χ1) is 11.7. The lowest BCUT2D eigenvalue weighted by Gasteiger charge is -2.39. The van der Waals surface area contributed by atoms with Gasteiger partial charge in [0, 0.05) is 38.0 Å². The van der Waals surface area contributed by atoms with Crippen LogP contribution in [0.3, 0.4) is 0 Å². The predicted molar refractivity (Wildman–Crippen MR) is 91.0 cm³/mol. The number of rotatable bonds is 2. The molecule has 1 heterocycles. The second kappa shape index (κ2) is 5.74. The summed E-state index contributed by atoms with van der Waals surface area (Å²) in [6, 6.07) is 0. The maximum absolute atomic E-state index is 12.8. The summed E-state index contributed by atoms with van der Waals surface area (Å²) in [5, 5.41) is 0. The zero-order valence-corrected chi connectivity index (χ0v) is 14.7. The number of fused-ring (bicyclic) bond motifs is 4. The molecule has 4 bridgehead atoms. The molecule has 132 valence electrons. The van der Waals surface area contributed by atoms with Gasteiger partial charge < -0.3 is 9.80 Å². The van der Waals surface area contributed by atoms with E-state index in [2.05, 4.69) is 9.80 Å². The van der Waals surface area contributed by atoms with Crippen LogP contribution in [-0.2, 0) is 9.59 Å². The third-order valence-electron chi connectivity index (χ3n) is 8.01. The number of amides is 2. The molecule has 24 heavy (non-hydrogen) atoms. The summed E-state index contributed by atoms with van der Waals surface area (Å²) >= 11 is 0. The van der Waals surface area contributed by atoms with Crippen molar-refractivity contribution < 1.29 is 9.59 Å². The second-order valence-corrected chi connectivity index (χ2v) is 9.21. The average Bonchev–Trinajstić information content (AvgIpc) is 3.41. The zero-order valence-electron chi connectivity index (χ0n) is 14.7. The van der Waals surface area contributed by atoms with Crippen molar-refractivity contribution in [2.45, 2.75) is 51.4 Å². The quantitative estimate of drug-likeness (QED) is 0.781. The highest BCUT2D eigenvalue weighted by molar-refractivity contribution is 5.82. The Morgan fingerprint density at radius 3 is 1.29 bits per heavy atom. The van der Waals surface area contributed by atoms with Gasteiger partial charge in [-0.25, -0.2) is 0 Å². The molecule has 0 radical (unpaired) electrons. The van der Waals surface area contributed by atoms with Gasteiger partial charge in [-0.05, 0) is 62.2 Å². The zero-order chi connectivity index (χ0) is 16.3.